The smallest absolute Gasteiger partial charge is 0.230 e. The summed E-state index contributed by atoms with van der Waals surface area (Å²) in [5.74, 6) is 3.44. The van der Waals surface area contributed by atoms with Crippen molar-refractivity contribution in [3.05, 3.63) is 48.6 Å². The highest BCUT2D eigenvalue weighted by molar-refractivity contribution is 5.72. The Morgan fingerprint density at radius 1 is 1.07 bits per heavy atom. The Balaban J connectivity index is 1.38. The van der Waals surface area contributed by atoms with E-state index in [-0.39, 0.29) is 12.6 Å². The van der Waals surface area contributed by atoms with E-state index in [2.05, 4.69) is 38.9 Å². The lowest BCUT2D eigenvalue weighted by Crippen LogP contribution is -2.33. The van der Waals surface area contributed by atoms with Crippen molar-refractivity contribution in [2.24, 2.45) is 0 Å². The number of anilines is 3. The average molecular weight is 547 g/mol. The molecule has 210 valence electrons. The van der Waals surface area contributed by atoms with Gasteiger partial charge < -0.3 is 39.4 Å². The molecule has 1 atom stereocenters. The predicted octanol–water partition coefficient (Wildman–Crippen LogP) is 3.02. The molecule has 0 unspecified atom stereocenters. The lowest BCUT2D eigenvalue weighted by atomic mass is 10.0. The monoisotopic (exact) mass is 546 g/mol. The summed E-state index contributed by atoms with van der Waals surface area (Å²) in [6.07, 6.45) is 10.8. The van der Waals surface area contributed by atoms with Gasteiger partial charge >= 0.3 is 0 Å². The van der Waals surface area contributed by atoms with E-state index in [1.54, 1.807) is 27.7 Å². The molecule has 12 nitrogen and oxygen atoms in total. The van der Waals surface area contributed by atoms with E-state index in [4.69, 9.17) is 24.2 Å². The predicted molar refractivity (Wildman–Crippen MR) is 152 cm³/mol. The number of benzene rings is 1. The van der Waals surface area contributed by atoms with Gasteiger partial charge in [-0.15, -0.1) is 0 Å². The minimum atomic E-state index is 0.0103. The maximum atomic E-state index is 9.94. The lowest BCUT2D eigenvalue weighted by Gasteiger charge is -2.23. The first-order chi connectivity index (χ1) is 19.6. The second-order valence-electron chi connectivity index (χ2n) is 9.83. The Kier molecular flexibility index (Phi) is 7.18. The second-order valence-corrected chi connectivity index (χ2v) is 9.83. The molecule has 0 amide bonds. The molecule has 3 aromatic heterocycles. The largest absolute Gasteiger partial charge is 0.493 e. The molecule has 6 rings (SSSR count). The highest BCUT2D eigenvalue weighted by Crippen LogP contribution is 2.39. The maximum absolute atomic E-state index is 9.94. The molecule has 5 heterocycles. The number of fused-ring (bicyclic) bond motifs is 1. The first-order valence-corrected chi connectivity index (χ1v) is 13.4. The standard InChI is InChI=1S/C28H34N8O4/c1-38-22-12-21(13-23(39-2)26(22)40-3)34-15-24(30-17-34)31-27-33-28(35-10-4-5-20(35)16-37)32-25-11-19(14-36(25)27)18-6-8-29-9-7-18/h6,11-15,17,20,29,37H,4-5,7-10,16H2,1-3H3,(H,31,32,33)/t20-/m0/s1. The topological polar surface area (TPSA) is 123 Å². The van der Waals surface area contributed by atoms with Gasteiger partial charge in [-0.3, -0.25) is 4.40 Å². The van der Waals surface area contributed by atoms with Crippen molar-refractivity contribution in [3.63, 3.8) is 0 Å². The third-order valence-electron chi connectivity index (χ3n) is 7.50. The van der Waals surface area contributed by atoms with Crippen molar-refractivity contribution in [1.82, 2.24) is 29.2 Å². The number of aliphatic hydroxyl groups excluding tert-OH is 1. The van der Waals surface area contributed by atoms with Crippen molar-refractivity contribution < 1.29 is 19.3 Å². The summed E-state index contributed by atoms with van der Waals surface area (Å²) >= 11 is 0. The van der Waals surface area contributed by atoms with E-state index in [9.17, 15) is 5.11 Å². The Labute approximate surface area is 232 Å². The van der Waals surface area contributed by atoms with Crippen LogP contribution in [-0.4, -0.2) is 82.6 Å². The zero-order valence-electron chi connectivity index (χ0n) is 22.9. The zero-order valence-corrected chi connectivity index (χ0v) is 22.9. The summed E-state index contributed by atoms with van der Waals surface area (Å²) < 4.78 is 20.3. The van der Waals surface area contributed by atoms with Crippen molar-refractivity contribution in [2.45, 2.75) is 25.3 Å². The molecule has 2 aliphatic rings. The molecule has 2 aliphatic heterocycles. The van der Waals surface area contributed by atoms with Gasteiger partial charge in [0.25, 0.3) is 0 Å². The van der Waals surface area contributed by atoms with Crippen LogP contribution < -0.4 is 29.7 Å². The number of aliphatic hydroxyl groups is 1. The molecule has 0 saturated carbocycles. The number of ether oxygens (including phenoxy) is 3. The van der Waals surface area contributed by atoms with Crippen LogP contribution in [0.5, 0.6) is 17.2 Å². The first-order valence-electron chi connectivity index (χ1n) is 13.4. The summed E-state index contributed by atoms with van der Waals surface area (Å²) in [4.78, 5) is 16.5. The quantitative estimate of drug-likeness (QED) is 0.289. The minimum Gasteiger partial charge on any atom is -0.493 e. The molecule has 0 radical (unpaired) electrons. The van der Waals surface area contributed by atoms with Crippen molar-refractivity contribution in [1.29, 1.82) is 0 Å². The second kappa shape index (κ2) is 11.1. The van der Waals surface area contributed by atoms with Crippen LogP contribution in [0.25, 0.3) is 16.9 Å². The number of hydrogen-bond acceptors (Lipinski definition) is 10. The Bertz CT molecular complexity index is 1520. The first kappa shape index (κ1) is 26.0. The molecule has 4 aromatic rings. The minimum absolute atomic E-state index is 0.0103. The van der Waals surface area contributed by atoms with E-state index in [0.717, 1.165) is 55.8 Å². The zero-order chi connectivity index (χ0) is 27.6. The maximum Gasteiger partial charge on any atom is 0.230 e. The average Bonchev–Trinajstić information content (AvgIpc) is 3.76. The van der Waals surface area contributed by atoms with Crippen LogP contribution >= 0.6 is 0 Å². The Morgan fingerprint density at radius 3 is 2.60 bits per heavy atom. The highest BCUT2D eigenvalue weighted by atomic mass is 16.5. The lowest BCUT2D eigenvalue weighted by molar-refractivity contribution is 0.265. The van der Waals surface area contributed by atoms with Gasteiger partial charge in [0.15, 0.2) is 17.3 Å². The molecular formula is C28H34N8O4. The molecule has 1 fully saturated rings. The van der Waals surface area contributed by atoms with Crippen molar-refractivity contribution in [3.8, 4) is 22.9 Å². The van der Waals surface area contributed by atoms with Gasteiger partial charge in [0.1, 0.15) is 12.0 Å². The van der Waals surface area contributed by atoms with Gasteiger partial charge in [-0.1, -0.05) is 6.08 Å². The van der Waals surface area contributed by atoms with Crippen LogP contribution in [0.15, 0.2) is 43.0 Å². The number of aromatic nitrogens is 5. The van der Waals surface area contributed by atoms with E-state index < -0.39 is 0 Å². The fourth-order valence-corrected chi connectivity index (χ4v) is 5.41. The summed E-state index contributed by atoms with van der Waals surface area (Å²) in [6.45, 7) is 2.68. The number of nitrogens with zero attached hydrogens (tertiary/aromatic N) is 6. The molecule has 0 spiro atoms. The normalized spacial score (nSPS) is 17.2. The number of imidazole rings is 1. The van der Waals surface area contributed by atoms with E-state index in [1.165, 1.54) is 5.57 Å². The number of rotatable bonds is 9. The molecule has 1 saturated heterocycles. The van der Waals surface area contributed by atoms with E-state index in [1.807, 2.05) is 27.3 Å². The highest BCUT2D eigenvalue weighted by Gasteiger charge is 2.27. The van der Waals surface area contributed by atoms with Crippen molar-refractivity contribution in [2.75, 3.05) is 57.8 Å². The van der Waals surface area contributed by atoms with Crippen LogP contribution in [-0.2, 0) is 0 Å². The Hall–Kier alpha value is -4.29. The van der Waals surface area contributed by atoms with E-state index >= 15 is 0 Å². The third-order valence-corrected chi connectivity index (χ3v) is 7.50. The summed E-state index contributed by atoms with van der Waals surface area (Å²) in [5, 5.41) is 16.7. The third kappa shape index (κ3) is 4.80. The van der Waals surface area contributed by atoms with Crippen LogP contribution in [0.4, 0.5) is 17.7 Å². The van der Waals surface area contributed by atoms with E-state index in [0.29, 0.717) is 35.0 Å². The summed E-state index contributed by atoms with van der Waals surface area (Å²) in [7, 11) is 4.76. The SMILES string of the molecule is COc1cc(-n2cnc(Nc3nc(N4CCC[C@H]4CO)nc4cc(C5=CCNCC5)cn34)c2)cc(OC)c1OC. The fraction of sp³-hybridized carbons (Fsp3) is 0.393. The molecule has 40 heavy (non-hydrogen) atoms. The molecular weight excluding hydrogens is 512 g/mol. The molecule has 1 aromatic carbocycles. The van der Waals surface area contributed by atoms with Gasteiger partial charge in [-0.05, 0) is 43.0 Å². The van der Waals surface area contributed by atoms with Gasteiger partial charge in [-0.2, -0.15) is 9.97 Å². The number of hydrogen-bond donors (Lipinski definition) is 3. The van der Waals surface area contributed by atoms with Crippen LogP contribution in [0.3, 0.4) is 0 Å². The molecule has 0 bridgehead atoms. The number of nitrogens with one attached hydrogen (secondary N) is 2. The van der Waals surface area contributed by atoms with Crippen LogP contribution in [0.2, 0.25) is 0 Å². The van der Waals surface area contributed by atoms with Gasteiger partial charge in [-0.25, -0.2) is 4.98 Å². The van der Waals surface area contributed by atoms with Gasteiger partial charge in [0.05, 0.1) is 45.9 Å². The van der Waals surface area contributed by atoms with Crippen molar-refractivity contribution >= 4 is 28.9 Å². The summed E-state index contributed by atoms with van der Waals surface area (Å²) in [5.41, 5.74) is 4.00. The number of methoxy groups -OCH3 is 3. The molecule has 12 heteroatoms. The van der Waals surface area contributed by atoms with Crippen LogP contribution in [0.1, 0.15) is 24.8 Å². The van der Waals surface area contributed by atoms with Gasteiger partial charge in [0.2, 0.25) is 17.6 Å². The Morgan fingerprint density at radius 2 is 1.90 bits per heavy atom. The van der Waals surface area contributed by atoms with Crippen LogP contribution in [0, 0.1) is 0 Å². The van der Waals surface area contributed by atoms with Gasteiger partial charge in [0, 0.05) is 31.4 Å². The molecule has 0 aliphatic carbocycles. The summed E-state index contributed by atoms with van der Waals surface area (Å²) in [6, 6.07) is 5.84. The fourth-order valence-electron chi connectivity index (χ4n) is 5.41. The molecule has 3 N–H and O–H groups in total.